The van der Waals surface area contributed by atoms with E-state index in [0.29, 0.717) is 4.88 Å². The second-order valence-corrected chi connectivity index (χ2v) is 5.83. The number of thiophene rings is 1. The maximum atomic E-state index is 11.6. The summed E-state index contributed by atoms with van der Waals surface area (Å²) in [6.07, 6.45) is 0. The second-order valence-electron chi connectivity index (χ2n) is 3.46. The van der Waals surface area contributed by atoms with E-state index in [4.69, 9.17) is 4.74 Å². The van der Waals surface area contributed by atoms with Crippen molar-refractivity contribution in [3.05, 3.63) is 46.2 Å². The van der Waals surface area contributed by atoms with Crippen molar-refractivity contribution in [2.75, 3.05) is 7.11 Å². The van der Waals surface area contributed by atoms with Gasteiger partial charge in [-0.25, -0.2) is 4.79 Å². The largest absolute Gasteiger partial charge is 0.465 e. The maximum Gasteiger partial charge on any atom is 0.349 e. The first-order valence-corrected chi connectivity index (χ1v) is 6.75. The molecule has 2 aromatic rings. The Morgan fingerprint density at radius 2 is 2.00 bits per heavy atom. The Labute approximate surface area is 109 Å². The number of carbonyl (C=O) groups excluding carboxylic acids is 1. The van der Waals surface area contributed by atoms with Crippen molar-refractivity contribution >= 4 is 29.1 Å². The Morgan fingerprint density at radius 3 is 2.65 bits per heavy atom. The van der Waals surface area contributed by atoms with Gasteiger partial charge in [0.2, 0.25) is 0 Å². The summed E-state index contributed by atoms with van der Waals surface area (Å²) < 4.78 is 4.79. The molecule has 4 heteroatoms. The Kier molecular flexibility index (Phi) is 3.86. The summed E-state index contributed by atoms with van der Waals surface area (Å²) in [5.41, 5.74) is 0. The van der Waals surface area contributed by atoms with Crippen LogP contribution in [0.2, 0.25) is 0 Å². The number of carbonyl (C=O) groups is 1. The van der Waals surface area contributed by atoms with Crippen LogP contribution in [0.15, 0.2) is 46.2 Å². The molecule has 0 aliphatic heterocycles. The number of esters is 1. The summed E-state index contributed by atoms with van der Waals surface area (Å²) in [4.78, 5) is 15.5. The van der Waals surface area contributed by atoms with Crippen LogP contribution in [0, 0.1) is 6.92 Å². The average molecular weight is 264 g/mol. The zero-order valence-corrected chi connectivity index (χ0v) is 11.2. The Morgan fingerprint density at radius 1 is 1.29 bits per heavy atom. The molecule has 0 unspecified atom stereocenters. The van der Waals surface area contributed by atoms with Crippen molar-refractivity contribution < 1.29 is 9.53 Å². The zero-order chi connectivity index (χ0) is 12.3. The fourth-order valence-electron chi connectivity index (χ4n) is 1.42. The zero-order valence-electron chi connectivity index (χ0n) is 9.60. The molecule has 1 aromatic carbocycles. The summed E-state index contributed by atoms with van der Waals surface area (Å²) in [5.74, 6) is -0.262. The van der Waals surface area contributed by atoms with Crippen LogP contribution in [0.1, 0.15) is 14.5 Å². The van der Waals surface area contributed by atoms with Crippen LogP contribution in [-0.4, -0.2) is 13.1 Å². The van der Waals surface area contributed by atoms with Gasteiger partial charge >= 0.3 is 5.97 Å². The number of rotatable bonds is 3. The lowest BCUT2D eigenvalue weighted by Crippen LogP contribution is -1.98. The van der Waals surface area contributed by atoms with E-state index in [0.717, 1.165) is 14.7 Å². The molecule has 17 heavy (non-hydrogen) atoms. The molecule has 0 spiro atoms. The van der Waals surface area contributed by atoms with Gasteiger partial charge in [-0.2, -0.15) is 0 Å². The van der Waals surface area contributed by atoms with Gasteiger partial charge in [0.25, 0.3) is 0 Å². The van der Waals surface area contributed by atoms with Crippen LogP contribution in [0.3, 0.4) is 0 Å². The smallest absolute Gasteiger partial charge is 0.349 e. The first-order valence-electron chi connectivity index (χ1n) is 5.12. The molecular formula is C13H12O2S2. The lowest BCUT2D eigenvalue weighted by Gasteiger charge is -2.01. The lowest BCUT2D eigenvalue weighted by atomic mass is 10.4. The molecule has 2 nitrogen and oxygen atoms in total. The summed E-state index contributed by atoms with van der Waals surface area (Å²) in [6, 6.07) is 12.0. The van der Waals surface area contributed by atoms with Crippen molar-refractivity contribution in [1.82, 2.24) is 0 Å². The number of aryl methyl sites for hydroxylation is 1. The molecule has 0 amide bonds. The highest BCUT2D eigenvalue weighted by atomic mass is 32.2. The van der Waals surface area contributed by atoms with Gasteiger partial charge in [0, 0.05) is 14.7 Å². The third-order valence-corrected chi connectivity index (χ3v) is 4.37. The molecule has 0 saturated heterocycles. The normalized spacial score (nSPS) is 10.2. The molecule has 0 fully saturated rings. The molecule has 0 bridgehead atoms. The number of hydrogen-bond donors (Lipinski definition) is 0. The number of ether oxygens (including phenoxy) is 1. The van der Waals surface area contributed by atoms with Gasteiger partial charge in [0.05, 0.1) is 7.11 Å². The number of benzene rings is 1. The number of methoxy groups -OCH3 is 1. The summed E-state index contributed by atoms with van der Waals surface area (Å²) in [6.45, 7) is 1.99. The predicted molar refractivity (Wildman–Crippen MR) is 71.0 cm³/mol. The fraction of sp³-hybridized carbons (Fsp3) is 0.154. The highest BCUT2D eigenvalue weighted by Crippen LogP contribution is 2.35. The minimum absolute atomic E-state index is 0.262. The van der Waals surface area contributed by atoms with Crippen molar-refractivity contribution in [2.45, 2.75) is 16.7 Å². The molecule has 2 rings (SSSR count). The van der Waals surface area contributed by atoms with E-state index in [-0.39, 0.29) is 5.97 Å². The molecule has 88 valence electrons. The summed E-state index contributed by atoms with van der Waals surface area (Å²) in [5, 5.41) is 0. The summed E-state index contributed by atoms with van der Waals surface area (Å²) >= 11 is 3.06. The van der Waals surface area contributed by atoms with E-state index in [1.807, 2.05) is 43.3 Å². The number of hydrogen-bond acceptors (Lipinski definition) is 4. The van der Waals surface area contributed by atoms with Gasteiger partial charge in [0.15, 0.2) is 0 Å². The predicted octanol–water partition coefficient (Wildman–Crippen LogP) is 3.99. The Bertz CT molecular complexity index is 517. The SMILES string of the molecule is COC(=O)c1sc(C)cc1Sc1ccccc1. The monoisotopic (exact) mass is 264 g/mol. The lowest BCUT2D eigenvalue weighted by molar-refractivity contribution is 0.0603. The van der Waals surface area contributed by atoms with E-state index in [9.17, 15) is 4.79 Å². The van der Waals surface area contributed by atoms with Gasteiger partial charge < -0.3 is 4.74 Å². The highest BCUT2D eigenvalue weighted by molar-refractivity contribution is 7.99. The van der Waals surface area contributed by atoms with Crippen molar-refractivity contribution in [2.24, 2.45) is 0 Å². The minimum atomic E-state index is -0.262. The molecule has 1 heterocycles. The van der Waals surface area contributed by atoms with Crippen molar-refractivity contribution in [1.29, 1.82) is 0 Å². The van der Waals surface area contributed by atoms with Crippen molar-refractivity contribution in [3.8, 4) is 0 Å². The topological polar surface area (TPSA) is 26.3 Å². The van der Waals surface area contributed by atoms with Gasteiger partial charge in [-0.1, -0.05) is 30.0 Å². The van der Waals surface area contributed by atoms with Gasteiger partial charge in [-0.05, 0) is 25.1 Å². The summed E-state index contributed by atoms with van der Waals surface area (Å²) in [7, 11) is 1.41. The highest BCUT2D eigenvalue weighted by Gasteiger charge is 2.16. The molecule has 0 saturated carbocycles. The quantitative estimate of drug-likeness (QED) is 0.784. The van der Waals surface area contributed by atoms with E-state index in [2.05, 4.69) is 0 Å². The van der Waals surface area contributed by atoms with E-state index >= 15 is 0 Å². The van der Waals surface area contributed by atoms with Crippen LogP contribution in [0.5, 0.6) is 0 Å². The fourth-order valence-corrected chi connectivity index (χ4v) is 3.53. The van der Waals surface area contributed by atoms with Crippen LogP contribution in [-0.2, 0) is 4.74 Å². The Hall–Kier alpha value is -1.26. The maximum absolute atomic E-state index is 11.6. The minimum Gasteiger partial charge on any atom is -0.465 e. The van der Waals surface area contributed by atoms with Crippen LogP contribution in [0.4, 0.5) is 0 Å². The van der Waals surface area contributed by atoms with Gasteiger partial charge in [0.1, 0.15) is 4.88 Å². The molecular weight excluding hydrogens is 252 g/mol. The van der Waals surface area contributed by atoms with Gasteiger partial charge in [-0.15, -0.1) is 11.3 Å². The first-order chi connectivity index (χ1) is 8.20. The molecule has 0 radical (unpaired) electrons. The molecule has 0 atom stereocenters. The van der Waals surface area contributed by atoms with Crippen LogP contribution >= 0.6 is 23.1 Å². The average Bonchev–Trinajstić information content (AvgIpc) is 2.70. The van der Waals surface area contributed by atoms with Gasteiger partial charge in [-0.3, -0.25) is 0 Å². The molecule has 0 aliphatic carbocycles. The van der Waals surface area contributed by atoms with E-state index in [1.165, 1.54) is 18.4 Å². The standard InChI is InChI=1S/C13H12O2S2/c1-9-8-11(12(16-9)13(14)15-2)17-10-6-4-3-5-7-10/h3-8H,1-2H3. The first kappa shape index (κ1) is 12.2. The Balaban J connectivity index is 2.30. The van der Waals surface area contributed by atoms with Crippen LogP contribution in [0.25, 0.3) is 0 Å². The van der Waals surface area contributed by atoms with E-state index < -0.39 is 0 Å². The molecule has 0 N–H and O–H groups in total. The van der Waals surface area contributed by atoms with E-state index in [1.54, 1.807) is 11.8 Å². The van der Waals surface area contributed by atoms with Crippen LogP contribution < -0.4 is 0 Å². The van der Waals surface area contributed by atoms with Crippen molar-refractivity contribution in [3.63, 3.8) is 0 Å². The molecule has 0 aliphatic rings. The third kappa shape index (κ3) is 2.90. The third-order valence-electron chi connectivity index (χ3n) is 2.16. The second kappa shape index (κ2) is 5.38. The molecule has 1 aromatic heterocycles.